The number of fused-ring (bicyclic) bond motifs is 1. The maximum absolute atomic E-state index is 13.1. The van der Waals surface area contributed by atoms with Gasteiger partial charge in [-0.1, -0.05) is 6.92 Å². The number of halogens is 1. The van der Waals surface area contributed by atoms with Crippen LogP contribution in [-0.2, 0) is 14.8 Å². The molecule has 29 heavy (non-hydrogen) atoms. The Hall–Kier alpha value is -2.10. The van der Waals surface area contributed by atoms with Gasteiger partial charge in [-0.15, -0.1) is 11.8 Å². The number of anilines is 2. The van der Waals surface area contributed by atoms with Gasteiger partial charge in [0.1, 0.15) is 5.82 Å². The van der Waals surface area contributed by atoms with Gasteiger partial charge >= 0.3 is 0 Å². The number of rotatable bonds is 3. The molecule has 2 heterocycles. The van der Waals surface area contributed by atoms with Crippen molar-refractivity contribution in [2.75, 3.05) is 42.1 Å². The molecule has 0 aromatic heterocycles. The van der Waals surface area contributed by atoms with Crippen LogP contribution in [0.15, 0.2) is 52.3 Å². The van der Waals surface area contributed by atoms with E-state index in [1.165, 1.54) is 16.4 Å². The van der Waals surface area contributed by atoms with E-state index in [2.05, 4.69) is 5.32 Å². The third-order valence-electron chi connectivity index (χ3n) is 5.21. The molecular formula is C20H22FN3O3S2. The SMILES string of the molecule is C[C@@H]1CSc2ccc(S(=O)(=O)N3CCN(c4ccc(F)cc4)CC3)cc2NC1=O. The van der Waals surface area contributed by atoms with Crippen molar-refractivity contribution in [2.24, 2.45) is 5.92 Å². The van der Waals surface area contributed by atoms with E-state index in [0.29, 0.717) is 37.6 Å². The standard InChI is InChI=1S/C20H22FN3O3S2/c1-14-13-28-19-7-6-17(12-18(19)22-20(14)25)29(26,27)24-10-8-23(9-11-24)16-4-2-15(21)3-5-16/h2-7,12,14H,8-11,13H2,1H3,(H,22,25)/t14-/m1/s1. The van der Waals surface area contributed by atoms with Crippen molar-refractivity contribution in [3.8, 4) is 0 Å². The van der Waals surface area contributed by atoms with Crippen LogP contribution in [0.1, 0.15) is 6.92 Å². The first-order valence-corrected chi connectivity index (χ1v) is 11.9. The Morgan fingerprint density at radius 1 is 1.07 bits per heavy atom. The second-order valence-corrected chi connectivity index (χ2v) is 10.2. The van der Waals surface area contributed by atoms with Crippen LogP contribution in [0.4, 0.5) is 15.8 Å². The lowest BCUT2D eigenvalue weighted by Crippen LogP contribution is -2.48. The lowest BCUT2D eigenvalue weighted by molar-refractivity contribution is -0.118. The van der Waals surface area contributed by atoms with Crippen LogP contribution in [0.5, 0.6) is 0 Å². The van der Waals surface area contributed by atoms with E-state index >= 15 is 0 Å². The van der Waals surface area contributed by atoms with Crippen LogP contribution in [0, 0.1) is 11.7 Å². The summed E-state index contributed by atoms with van der Waals surface area (Å²) in [6.45, 7) is 3.59. The van der Waals surface area contributed by atoms with Crippen LogP contribution in [0.25, 0.3) is 0 Å². The fourth-order valence-corrected chi connectivity index (χ4v) is 5.89. The van der Waals surface area contributed by atoms with E-state index in [1.807, 2.05) is 11.8 Å². The van der Waals surface area contributed by atoms with Gasteiger partial charge < -0.3 is 10.2 Å². The zero-order valence-corrected chi connectivity index (χ0v) is 17.6. The molecule has 2 aliphatic rings. The highest BCUT2D eigenvalue weighted by Crippen LogP contribution is 2.35. The van der Waals surface area contributed by atoms with Crippen molar-refractivity contribution >= 4 is 39.1 Å². The summed E-state index contributed by atoms with van der Waals surface area (Å²) in [5, 5.41) is 2.84. The Labute approximate surface area is 174 Å². The topological polar surface area (TPSA) is 69.7 Å². The third kappa shape index (κ3) is 4.12. The first-order valence-electron chi connectivity index (χ1n) is 9.43. The van der Waals surface area contributed by atoms with Gasteiger partial charge in [0.05, 0.1) is 10.6 Å². The van der Waals surface area contributed by atoms with Gasteiger partial charge in [-0.3, -0.25) is 4.79 Å². The summed E-state index contributed by atoms with van der Waals surface area (Å²) in [7, 11) is -3.66. The number of hydrogen-bond donors (Lipinski definition) is 1. The molecule has 0 saturated carbocycles. The molecular weight excluding hydrogens is 413 g/mol. The maximum Gasteiger partial charge on any atom is 0.243 e. The molecule has 1 N–H and O–H groups in total. The summed E-state index contributed by atoms with van der Waals surface area (Å²) < 4.78 is 40.8. The first-order chi connectivity index (χ1) is 13.8. The van der Waals surface area contributed by atoms with Crippen LogP contribution in [0.3, 0.4) is 0 Å². The molecule has 0 radical (unpaired) electrons. The number of sulfonamides is 1. The molecule has 0 unspecified atom stereocenters. The molecule has 1 amide bonds. The van der Waals surface area contributed by atoms with Crippen molar-refractivity contribution in [3.63, 3.8) is 0 Å². The van der Waals surface area contributed by atoms with Crippen LogP contribution in [0.2, 0.25) is 0 Å². The lowest BCUT2D eigenvalue weighted by Gasteiger charge is -2.35. The van der Waals surface area contributed by atoms with Crippen LogP contribution in [-0.4, -0.2) is 50.6 Å². The van der Waals surface area contributed by atoms with Crippen molar-refractivity contribution in [3.05, 3.63) is 48.3 Å². The Kier molecular flexibility index (Phi) is 5.54. The van der Waals surface area contributed by atoms with E-state index in [1.54, 1.807) is 42.1 Å². The number of hydrogen-bond acceptors (Lipinski definition) is 5. The summed E-state index contributed by atoms with van der Waals surface area (Å²) in [5.74, 6) is 0.138. The number of carbonyl (C=O) groups excluding carboxylic acids is 1. The highest BCUT2D eigenvalue weighted by atomic mass is 32.2. The Morgan fingerprint density at radius 2 is 1.76 bits per heavy atom. The summed E-state index contributed by atoms with van der Waals surface area (Å²) in [5.41, 5.74) is 1.43. The molecule has 9 heteroatoms. The van der Waals surface area contributed by atoms with Gasteiger partial charge in [0.25, 0.3) is 0 Å². The summed E-state index contributed by atoms with van der Waals surface area (Å²) in [6, 6.07) is 11.1. The zero-order chi connectivity index (χ0) is 20.6. The number of nitrogens with one attached hydrogen (secondary N) is 1. The second-order valence-electron chi connectivity index (χ2n) is 7.23. The molecule has 1 fully saturated rings. The molecule has 0 bridgehead atoms. The fraction of sp³-hybridized carbons (Fsp3) is 0.350. The van der Waals surface area contributed by atoms with Gasteiger partial charge in [0, 0.05) is 48.4 Å². The second kappa shape index (κ2) is 7.97. The van der Waals surface area contributed by atoms with Crippen LogP contribution >= 0.6 is 11.8 Å². The van der Waals surface area contributed by atoms with Gasteiger partial charge in [-0.25, -0.2) is 12.8 Å². The van der Waals surface area contributed by atoms with Gasteiger partial charge in [0.2, 0.25) is 15.9 Å². The average molecular weight is 436 g/mol. The molecule has 0 aliphatic carbocycles. The molecule has 2 aromatic carbocycles. The smallest absolute Gasteiger partial charge is 0.243 e. The number of nitrogens with zero attached hydrogens (tertiary/aromatic N) is 2. The lowest BCUT2D eigenvalue weighted by atomic mass is 10.2. The summed E-state index contributed by atoms with van der Waals surface area (Å²) in [4.78, 5) is 15.2. The molecule has 1 atom stereocenters. The molecule has 1 saturated heterocycles. The molecule has 2 aliphatic heterocycles. The number of benzene rings is 2. The first kappa shape index (κ1) is 20.2. The number of thioether (sulfide) groups is 1. The van der Waals surface area contributed by atoms with Crippen molar-refractivity contribution in [2.45, 2.75) is 16.7 Å². The molecule has 2 aromatic rings. The van der Waals surface area contributed by atoms with E-state index in [0.717, 1.165) is 10.6 Å². The highest BCUT2D eigenvalue weighted by molar-refractivity contribution is 7.99. The fourth-order valence-electron chi connectivity index (χ4n) is 3.43. The number of carbonyl (C=O) groups is 1. The molecule has 4 rings (SSSR count). The summed E-state index contributed by atoms with van der Waals surface area (Å²) >= 11 is 1.55. The molecule has 0 spiro atoms. The zero-order valence-electron chi connectivity index (χ0n) is 16.0. The summed E-state index contributed by atoms with van der Waals surface area (Å²) in [6.07, 6.45) is 0. The van der Waals surface area contributed by atoms with E-state index < -0.39 is 10.0 Å². The van der Waals surface area contributed by atoms with Gasteiger partial charge in [0.15, 0.2) is 0 Å². The maximum atomic E-state index is 13.1. The van der Waals surface area contributed by atoms with Crippen molar-refractivity contribution in [1.29, 1.82) is 0 Å². The van der Waals surface area contributed by atoms with Crippen molar-refractivity contribution < 1.29 is 17.6 Å². The minimum Gasteiger partial charge on any atom is -0.369 e. The van der Waals surface area contributed by atoms with E-state index in [9.17, 15) is 17.6 Å². The van der Waals surface area contributed by atoms with Crippen LogP contribution < -0.4 is 10.2 Å². The molecule has 154 valence electrons. The predicted molar refractivity (Wildman–Crippen MR) is 112 cm³/mol. The number of piperazine rings is 1. The average Bonchev–Trinajstić information content (AvgIpc) is 2.86. The van der Waals surface area contributed by atoms with E-state index in [4.69, 9.17) is 0 Å². The van der Waals surface area contributed by atoms with E-state index in [-0.39, 0.29) is 22.5 Å². The largest absolute Gasteiger partial charge is 0.369 e. The quantitative estimate of drug-likeness (QED) is 0.803. The Balaban J connectivity index is 1.50. The monoisotopic (exact) mass is 435 g/mol. The van der Waals surface area contributed by atoms with Crippen molar-refractivity contribution in [1.82, 2.24) is 4.31 Å². The normalized spacial score (nSPS) is 20.7. The van der Waals surface area contributed by atoms with Gasteiger partial charge in [-0.05, 0) is 42.5 Å². The third-order valence-corrected chi connectivity index (χ3v) is 8.44. The van der Waals surface area contributed by atoms with Gasteiger partial charge in [-0.2, -0.15) is 4.31 Å². The minimum atomic E-state index is -3.66. The minimum absolute atomic E-state index is 0.0984. The Morgan fingerprint density at radius 3 is 2.45 bits per heavy atom. The highest BCUT2D eigenvalue weighted by Gasteiger charge is 2.30. The molecule has 6 nitrogen and oxygen atoms in total. The predicted octanol–water partition coefficient (Wildman–Crippen LogP) is 3.02. The Bertz CT molecular complexity index is 1020. The number of amides is 1.